The molecule has 4 nitrogen and oxygen atoms in total. The van der Waals surface area contributed by atoms with Crippen LogP contribution < -0.4 is 11.1 Å². The molecule has 0 atom stereocenters. The smallest absolute Gasteiger partial charge is 0.251 e. The fourth-order valence-electron chi connectivity index (χ4n) is 1.61. The zero-order valence-corrected chi connectivity index (χ0v) is 8.31. The first kappa shape index (κ1) is 9.98. The molecule has 1 fully saturated rings. The van der Waals surface area contributed by atoms with E-state index in [-0.39, 0.29) is 18.1 Å². The quantitative estimate of drug-likeness (QED) is 0.617. The molecule has 15 heavy (non-hydrogen) atoms. The van der Waals surface area contributed by atoms with Crippen LogP contribution in [0.15, 0.2) is 24.3 Å². The molecule has 1 aromatic carbocycles. The zero-order chi connectivity index (χ0) is 10.8. The van der Waals surface area contributed by atoms with Gasteiger partial charge in [-0.2, -0.15) is 0 Å². The van der Waals surface area contributed by atoms with Gasteiger partial charge in [-0.05, 0) is 37.1 Å². The lowest BCUT2D eigenvalue weighted by molar-refractivity contribution is 0.0563. The Hall–Kier alpha value is -1.55. The van der Waals surface area contributed by atoms with Gasteiger partial charge in [0.15, 0.2) is 0 Å². The number of aliphatic hydroxyl groups excluding tert-OH is 1. The maximum absolute atomic E-state index is 11.6. The molecule has 0 aliphatic heterocycles. The number of carbonyl (C=O) groups excluding carboxylic acids is 1. The van der Waals surface area contributed by atoms with Crippen molar-refractivity contribution in [1.29, 1.82) is 0 Å². The first-order valence-electron chi connectivity index (χ1n) is 4.99. The van der Waals surface area contributed by atoms with Gasteiger partial charge in [-0.15, -0.1) is 0 Å². The van der Waals surface area contributed by atoms with Gasteiger partial charge in [0.05, 0.1) is 6.10 Å². The normalized spacial score (nSPS) is 24.3. The SMILES string of the molecule is Nc1ccc(C(=O)NC2CC(O)C2)cc1. The van der Waals surface area contributed by atoms with Crippen LogP contribution in [0.3, 0.4) is 0 Å². The molecule has 2 rings (SSSR count). The molecule has 1 saturated carbocycles. The van der Waals surface area contributed by atoms with E-state index in [9.17, 15) is 4.79 Å². The highest BCUT2D eigenvalue weighted by molar-refractivity contribution is 5.94. The second-order valence-corrected chi connectivity index (χ2v) is 3.92. The van der Waals surface area contributed by atoms with Gasteiger partial charge in [0.25, 0.3) is 5.91 Å². The molecule has 0 aromatic heterocycles. The summed E-state index contributed by atoms with van der Waals surface area (Å²) in [4.78, 5) is 11.6. The number of hydrogen-bond donors (Lipinski definition) is 3. The summed E-state index contributed by atoms with van der Waals surface area (Å²) < 4.78 is 0. The second-order valence-electron chi connectivity index (χ2n) is 3.92. The number of nitrogen functional groups attached to an aromatic ring is 1. The number of aliphatic hydroxyl groups is 1. The van der Waals surface area contributed by atoms with Crippen molar-refractivity contribution >= 4 is 11.6 Å². The third kappa shape index (κ3) is 2.27. The molecular formula is C11H14N2O2. The number of anilines is 1. The molecule has 0 radical (unpaired) electrons. The monoisotopic (exact) mass is 206 g/mol. The molecule has 0 saturated heterocycles. The van der Waals surface area contributed by atoms with Crippen molar-refractivity contribution in [1.82, 2.24) is 5.32 Å². The molecule has 0 heterocycles. The molecule has 4 N–H and O–H groups in total. The summed E-state index contributed by atoms with van der Waals surface area (Å²) in [6.45, 7) is 0. The lowest BCUT2D eigenvalue weighted by Crippen LogP contribution is -2.46. The van der Waals surface area contributed by atoms with Crippen LogP contribution in [-0.2, 0) is 0 Å². The molecular weight excluding hydrogens is 192 g/mol. The maximum atomic E-state index is 11.6. The molecule has 1 aliphatic rings. The van der Waals surface area contributed by atoms with E-state index in [0.717, 1.165) is 0 Å². The van der Waals surface area contributed by atoms with E-state index in [2.05, 4.69) is 5.32 Å². The number of hydrogen-bond acceptors (Lipinski definition) is 3. The zero-order valence-electron chi connectivity index (χ0n) is 8.31. The van der Waals surface area contributed by atoms with Crippen LogP contribution in [0.1, 0.15) is 23.2 Å². The van der Waals surface area contributed by atoms with Crippen molar-refractivity contribution in [3.05, 3.63) is 29.8 Å². The summed E-state index contributed by atoms with van der Waals surface area (Å²) in [5.41, 5.74) is 6.77. The minimum atomic E-state index is -0.248. The van der Waals surface area contributed by atoms with E-state index in [0.29, 0.717) is 24.1 Å². The average molecular weight is 206 g/mol. The van der Waals surface area contributed by atoms with Crippen molar-refractivity contribution in [3.8, 4) is 0 Å². The third-order valence-electron chi connectivity index (χ3n) is 2.62. The van der Waals surface area contributed by atoms with E-state index < -0.39 is 0 Å². The van der Waals surface area contributed by atoms with Crippen molar-refractivity contribution < 1.29 is 9.90 Å². The van der Waals surface area contributed by atoms with Crippen LogP contribution >= 0.6 is 0 Å². The summed E-state index contributed by atoms with van der Waals surface area (Å²) in [6.07, 6.45) is 1.06. The van der Waals surface area contributed by atoms with Crippen molar-refractivity contribution in [2.24, 2.45) is 0 Å². The van der Waals surface area contributed by atoms with Crippen LogP contribution in [0.4, 0.5) is 5.69 Å². The van der Waals surface area contributed by atoms with E-state index in [4.69, 9.17) is 10.8 Å². The lowest BCUT2D eigenvalue weighted by Gasteiger charge is -2.31. The Kier molecular flexibility index (Phi) is 2.60. The third-order valence-corrected chi connectivity index (χ3v) is 2.62. The van der Waals surface area contributed by atoms with Crippen LogP contribution in [0, 0.1) is 0 Å². The van der Waals surface area contributed by atoms with Gasteiger partial charge in [-0.3, -0.25) is 4.79 Å². The average Bonchev–Trinajstić information content (AvgIpc) is 2.16. The summed E-state index contributed by atoms with van der Waals surface area (Å²) in [5.74, 6) is -0.105. The van der Waals surface area contributed by atoms with Gasteiger partial charge >= 0.3 is 0 Å². The fraction of sp³-hybridized carbons (Fsp3) is 0.364. The fourth-order valence-corrected chi connectivity index (χ4v) is 1.61. The highest BCUT2D eigenvalue weighted by Gasteiger charge is 2.28. The van der Waals surface area contributed by atoms with Crippen LogP contribution in [0.5, 0.6) is 0 Å². The lowest BCUT2D eigenvalue weighted by atomic mass is 9.89. The van der Waals surface area contributed by atoms with Gasteiger partial charge in [0.1, 0.15) is 0 Å². The highest BCUT2D eigenvalue weighted by Crippen LogP contribution is 2.19. The Morgan fingerprint density at radius 1 is 1.33 bits per heavy atom. The second kappa shape index (κ2) is 3.90. The Morgan fingerprint density at radius 2 is 1.93 bits per heavy atom. The van der Waals surface area contributed by atoms with Crippen LogP contribution in [0.25, 0.3) is 0 Å². The molecule has 80 valence electrons. The Labute approximate surface area is 88.1 Å². The van der Waals surface area contributed by atoms with Gasteiger partial charge < -0.3 is 16.2 Å². The van der Waals surface area contributed by atoms with Crippen LogP contribution in [0.2, 0.25) is 0 Å². The van der Waals surface area contributed by atoms with Crippen LogP contribution in [-0.4, -0.2) is 23.2 Å². The molecule has 0 bridgehead atoms. The van der Waals surface area contributed by atoms with E-state index in [1.807, 2.05) is 0 Å². The van der Waals surface area contributed by atoms with Gasteiger partial charge in [-0.25, -0.2) is 0 Å². The molecule has 1 amide bonds. The topological polar surface area (TPSA) is 75.4 Å². The number of nitrogens with one attached hydrogen (secondary N) is 1. The Bertz CT molecular complexity index is 355. The van der Waals surface area contributed by atoms with Crippen molar-refractivity contribution in [2.75, 3.05) is 5.73 Å². The van der Waals surface area contributed by atoms with Gasteiger partial charge in [0.2, 0.25) is 0 Å². The van der Waals surface area contributed by atoms with E-state index >= 15 is 0 Å². The number of carbonyl (C=O) groups is 1. The largest absolute Gasteiger partial charge is 0.399 e. The number of rotatable bonds is 2. The van der Waals surface area contributed by atoms with Gasteiger partial charge in [-0.1, -0.05) is 0 Å². The molecule has 1 aliphatic carbocycles. The van der Waals surface area contributed by atoms with Crippen molar-refractivity contribution in [3.63, 3.8) is 0 Å². The summed E-state index contributed by atoms with van der Waals surface area (Å²) >= 11 is 0. The first-order chi connectivity index (χ1) is 7.15. The predicted octanol–water partition coefficient (Wildman–Crippen LogP) is 0.522. The summed E-state index contributed by atoms with van der Waals surface area (Å²) in [7, 11) is 0. The molecule has 0 spiro atoms. The first-order valence-corrected chi connectivity index (χ1v) is 4.99. The molecule has 0 unspecified atom stereocenters. The summed E-state index contributed by atoms with van der Waals surface area (Å²) in [5, 5.41) is 11.9. The minimum absolute atomic E-state index is 0.105. The minimum Gasteiger partial charge on any atom is -0.399 e. The van der Waals surface area contributed by atoms with Crippen molar-refractivity contribution in [2.45, 2.75) is 25.0 Å². The molecule has 1 aromatic rings. The standard InChI is InChI=1S/C11H14N2O2/c12-8-3-1-7(2-4-8)11(15)13-9-5-10(14)6-9/h1-4,9-10,14H,5-6,12H2,(H,13,15). The number of benzene rings is 1. The summed E-state index contributed by atoms with van der Waals surface area (Å²) in [6, 6.07) is 6.90. The number of nitrogens with two attached hydrogens (primary N) is 1. The van der Waals surface area contributed by atoms with E-state index in [1.165, 1.54) is 0 Å². The molecule has 4 heteroatoms. The predicted molar refractivity (Wildman–Crippen MR) is 57.3 cm³/mol. The Morgan fingerprint density at radius 3 is 2.47 bits per heavy atom. The highest BCUT2D eigenvalue weighted by atomic mass is 16.3. The Balaban J connectivity index is 1.93. The maximum Gasteiger partial charge on any atom is 0.251 e. The number of amides is 1. The van der Waals surface area contributed by atoms with E-state index in [1.54, 1.807) is 24.3 Å². The van der Waals surface area contributed by atoms with Gasteiger partial charge in [0, 0.05) is 17.3 Å².